The van der Waals surface area contributed by atoms with Crippen LogP contribution < -0.4 is 4.90 Å². The van der Waals surface area contributed by atoms with E-state index in [2.05, 4.69) is 135 Å². The first-order valence-electron chi connectivity index (χ1n) is 12.8. The van der Waals surface area contributed by atoms with Crippen LogP contribution in [0.1, 0.15) is 31.9 Å². The molecule has 0 bridgehead atoms. The van der Waals surface area contributed by atoms with Crippen LogP contribution in [0.5, 0.6) is 0 Å². The predicted molar refractivity (Wildman–Crippen MR) is 151 cm³/mol. The van der Waals surface area contributed by atoms with Gasteiger partial charge in [-0.2, -0.15) is 0 Å². The number of furan rings is 1. The van der Waals surface area contributed by atoms with Gasteiger partial charge in [-0.3, -0.25) is 0 Å². The Morgan fingerprint density at radius 1 is 0.778 bits per heavy atom. The molecule has 0 aliphatic heterocycles. The van der Waals surface area contributed by atoms with E-state index in [4.69, 9.17) is 4.42 Å². The minimum atomic E-state index is 0.0522. The standard InChI is InChI=1S/C34H29NO/c1-22-12-10-17-25-26-21-31-27(20-28(26)34(2,3)33(22)25)32-29(18-11-19-30(32)36-31)35(23-13-6-4-7-14-23)24-15-8-5-9-16-24/h4-22,33H,1-3H3. The molecule has 2 nitrogen and oxygen atoms in total. The summed E-state index contributed by atoms with van der Waals surface area (Å²) in [6, 6.07) is 32.3. The van der Waals surface area contributed by atoms with E-state index in [0.29, 0.717) is 11.8 Å². The Balaban J connectivity index is 1.52. The molecule has 0 radical (unpaired) electrons. The van der Waals surface area contributed by atoms with Crippen LogP contribution >= 0.6 is 0 Å². The maximum absolute atomic E-state index is 6.54. The van der Waals surface area contributed by atoms with Crippen molar-refractivity contribution in [3.05, 3.63) is 120 Å². The largest absolute Gasteiger partial charge is 0.456 e. The van der Waals surface area contributed by atoms with Crippen molar-refractivity contribution in [3.8, 4) is 0 Å². The quantitative estimate of drug-likeness (QED) is 0.263. The summed E-state index contributed by atoms with van der Waals surface area (Å²) in [6.45, 7) is 7.15. The van der Waals surface area contributed by atoms with Crippen LogP contribution in [0.3, 0.4) is 0 Å². The van der Waals surface area contributed by atoms with E-state index >= 15 is 0 Å². The van der Waals surface area contributed by atoms with Crippen LogP contribution in [0.4, 0.5) is 17.1 Å². The molecule has 0 saturated heterocycles. The second kappa shape index (κ2) is 7.73. The van der Waals surface area contributed by atoms with Gasteiger partial charge in [-0.05, 0) is 82.5 Å². The maximum atomic E-state index is 6.54. The van der Waals surface area contributed by atoms with Gasteiger partial charge in [-0.1, -0.05) is 81.5 Å². The Bertz CT molecular complexity index is 1630. The lowest BCUT2D eigenvalue weighted by Gasteiger charge is -2.33. The molecule has 0 saturated carbocycles. The van der Waals surface area contributed by atoms with Crippen LogP contribution in [-0.4, -0.2) is 0 Å². The summed E-state index contributed by atoms with van der Waals surface area (Å²) in [5.74, 6) is 0.998. The number of para-hydroxylation sites is 2. The Hall–Kier alpha value is -4.04. The van der Waals surface area contributed by atoms with Crippen LogP contribution in [0.15, 0.2) is 114 Å². The molecule has 2 aliphatic carbocycles. The molecule has 0 fully saturated rings. The molecule has 7 rings (SSSR count). The normalized spacial score (nSPS) is 19.8. The van der Waals surface area contributed by atoms with Gasteiger partial charge < -0.3 is 9.32 Å². The third kappa shape index (κ3) is 2.97. The predicted octanol–water partition coefficient (Wildman–Crippen LogP) is 9.55. The zero-order valence-corrected chi connectivity index (χ0v) is 20.9. The van der Waals surface area contributed by atoms with Crippen molar-refractivity contribution in [2.24, 2.45) is 11.8 Å². The average molecular weight is 468 g/mol. The molecular formula is C34H29NO. The minimum Gasteiger partial charge on any atom is -0.456 e. The van der Waals surface area contributed by atoms with Gasteiger partial charge in [0.25, 0.3) is 0 Å². The average Bonchev–Trinajstić information content (AvgIpc) is 3.37. The topological polar surface area (TPSA) is 16.4 Å². The molecule has 2 atom stereocenters. The summed E-state index contributed by atoms with van der Waals surface area (Å²) < 4.78 is 6.54. The number of allylic oxidation sites excluding steroid dienone is 4. The van der Waals surface area contributed by atoms with E-state index in [9.17, 15) is 0 Å². The first-order chi connectivity index (χ1) is 17.5. The highest BCUT2D eigenvalue weighted by Crippen LogP contribution is 2.56. The van der Waals surface area contributed by atoms with Crippen LogP contribution in [0, 0.1) is 11.8 Å². The first-order valence-corrected chi connectivity index (χ1v) is 12.8. The van der Waals surface area contributed by atoms with Crippen molar-refractivity contribution in [2.45, 2.75) is 26.2 Å². The van der Waals surface area contributed by atoms with E-state index < -0.39 is 0 Å². The highest BCUT2D eigenvalue weighted by Gasteiger charge is 2.45. The fourth-order valence-corrected chi connectivity index (χ4v) is 6.70. The zero-order chi connectivity index (χ0) is 24.4. The molecule has 2 aliphatic rings. The maximum Gasteiger partial charge on any atom is 0.137 e. The molecule has 0 N–H and O–H groups in total. The number of fused-ring (bicyclic) bond motifs is 6. The Kier molecular flexibility index (Phi) is 4.56. The van der Waals surface area contributed by atoms with Crippen LogP contribution in [0.2, 0.25) is 0 Å². The van der Waals surface area contributed by atoms with Crippen LogP contribution in [-0.2, 0) is 5.41 Å². The van der Waals surface area contributed by atoms with Gasteiger partial charge >= 0.3 is 0 Å². The van der Waals surface area contributed by atoms with Crippen molar-refractivity contribution in [2.75, 3.05) is 4.90 Å². The summed E-state index contributed by atoms with van der Waals surface area (Å²) in [7, 11) is 0. The van der Waals surface area contributed by atoms with E-state index in [-0.39, 0.29) is 5.41 Å². The lowest BCUT2D eigenvalue weighted by molar-refractivity contribution is 0.347. The summed E-state index contributed by atoms with van der Waals surface area (Å²) in [4.78, 5) is 2.34. The van der Waals surface area contributed by atoms with Crippen molar-refractivity contribution >= 4 is 44.6 Å². The smallest absolute Gasteiger partial charge is 0.137 e. The van der Waals surface area contributed by atoms with E-state index in [1.54, 1.807) is 0 Å². The van der Waals surface area contributed by atoms with Gasteiger partial charge in [-0.15, -0.1) is 0 Å². The summed E-state index contributed by atoms with van der Waals surface area (Å²) >= 11 is 0. The fourth-order valence-electron chi connectivity index (χ4n) is 6.70. The molecule has 1 heterocycles. The van der Waals surface area contributed by atoms with Gasteiger partial charge in [0, 0.05) is 16.8 Å². The van der Waals surface area contributed by atoms with Crippen LogP contribution in [0.25, 0.3) is 27.5 Å². The second-order valence-electron chi connectivity index (χ2n) is 10.7. The molecule has 5 aromatic rings. The van der Waals surface area contributed by atoms with Crippen molar-refractivity contribution in [3.63, 3.8) is 0 Å². The first kappa shape index (κ1) is 21.3. The fraction of sp³-hybridized carbons (Fsp3) is 0.176. The number of hydrogen-bond donors (Lipinski definition) is 0. The van der Waals surface area contributed by atoms with Crippen molar-refractivity contribution in [1.82, 2.24) is 0 Å². The van der Waals surface area contributed by atoms with E-state index in [1.807, 2.05) is 0 Å². The summed E-state index contributed by atoms with van der Waals surface area (Å²) in [6.07, 6.45) is 6.88. The van der Waals surface area contributed by atoms with Gasteiger partial charge in [0.05, 0.1) is 11.1 Å². The molecule has 1 aromatic heterocycles. The molecule has 2 unspecified atom stereocenters. The SMILES string of the molecule is CC1C=CC=C2c3cc4oc5cccc(N(c6ccccc6)c6ccccc6)c5c4cc3C(C)(C)C21. The van der Waals surface area contributed by atoms with Gasteiger partial charge in [0.2, 0.25) is 0 Å². The highest BCUT2D eigenvalue weighted by atomic mass is 16.3. The summed E-state index contributed by atoms with van der Waals surface area (Å²) in [5.41, 5.74) is 9.53. The number of rotatable bonds is 3. The number of nitrogens with zero attached hydrogens (tertiary/aromatic N) is 1. The van der Waals surface area contributed by atoms with Gasteiger partial charge in [-0.25, -0.2) is 0 Å². The van der Waals surface area contributed by atoms with E-state index in [1.165, 1.54) is 22.1 Å². The molecule has 0 spiro atoms. The molecule has 0 amide bonds. The molecule has 176 valence electrons. The highest BCUT2D eigenvalue weighted by molar-refractivity contribution is 6.14. The number of benzene rings is 4. The number of anilines is 3. The Labute approximate surface area is 212 Å². The monoisotopic (exact) mass is 467 g/mol. The molecular weight excluding hydrogens is 438 g/mol. The number of hydrogen-bond acceptors (Lipinski definition) is 2. The third-order valence-corrected chi connectivity index (χ3v) is 8.22. The lowest BCUT2D eigenvalue weighted by Crippen LogP contribution is -2.29. The Morgan fingerprint density at radius 3 is 2.17 bits per heavy atom. The molecule has 36 heavy (non-hydrogen) atoms. The lowest BCUT2D eigenvalue weighted by atomic mass is 9.70. The zero-order valence-electron chi connectivity index (χ0n) is 20.9. The van der Waals surface area contributed by atoms with Gasteiger partial charge in [0.15, 0.2) is 0 Å². The minimum absolute atomic E-state index is 0.0522. The Morgan fingerprint density at radius 2 is 1.47 bits per heavy atom. The van der Waals surface area contributed by atoms with E-state index in [0.717, 1.165) is 33.6 Å². The van der Waals surface area contributed by atoms with Gasteiger partial charge in [0.1, 0.15) is 11.2 Å². The van der Waals surface area contributed by atoms with Crippen molar-refractivity contribution < 1.29 is 4.42 Å². The molecule has 2 heteroatoms. The second-order valence-corrected chi connectivity index (χ2v) is 10.7. The molecule has 4 aromatic carbocycles. The summed E-state index contributed by atoms with van der Waals surface area (Å²) in [5, 5.41) is 2.35. The third-order valence-electron chi connectivity index (χ3n) is 8.22. The van der Waals surface area contributed by atoms with Crippen molar-refractivity contribution in [1.29, 1.82) is 0 Å².